The van der Waals surface area contributed by atoms with Crippen LogP contribution in [0.5, 0.6) is 17.2 Å². The highest BCUT2D eigenvalue weighted by molar-refractivity contribution is 5.87. The molecule has 3 rings (SSSR count). The third kappa shape index (κ3) is 6.74. The third-order valence-corrected chi connectivity index (χ3v) is 5.45. The fraction of sp³-hybridized carbons (Fsp3) is 0.500. The number of aliphatic hydroxyl groups is 3. The van der Waals surface area contributed by atoms with Crippen molar-refractivity contribution < 1.29 is 58.1 Å². The summed E-state index contributed by atoms with van der Waals surface area (Å²) in [6.45, 7) is 3.39. The Morgan fingerprint density at radius 1 is 1.14 bits per heavy atom. The van der Waals surface area contributed by atoms with Crippen LogP contribution in [0.4, 0.5) is 0 Å². The number of benzene rings is 1. The van der Waals surface area contributed by atoms with E-state index in [1.165, 1.54) is 20.3 Å². The van der Waals surface area contributed by atoms with E-state index in [2.05, 4.69) is 6.58 Å². The zero-order valence-corrected chi connectivity index (χ0v) is 19.9. The maximum Gasteiger partial charge on any atom is 0.330 e. The van der Waals surface area contributed by atoms with Gasteiger partial charge in [0.15, 0.2) is 17.8 Å². The van der Waals surface area contributed by atoms with Gasteiger partial charge < -0.3 is 48.5 Å². The van der Waals surface area contributed by atoms with E-state index in [1.807, 2.05) is 0 Å². The lowest BCUT2D eigenvalue weighted by molar-refractivity contribution is -0.311. The molecule has 0 spiro atoms. The lowest BCUT2D eigenvalue weighted by Crippen LogP contribution is -2.60. The minimum Gasteiger partial charge on any atom is -0.493 e. The van der Waals surface area contributed by atoms with Crippen LogP contribution in [0.2, 0.25) is 0 Å². The second-order valence-corrected chi connectivity index (χ2v) is 7.98. The van der Waals surface area contributed by atoms with Crippen LogP contribution in [-0.4, -0.2) is 98.1 Å². The molecule has 2 saturated heterocycles. The molecule has 2 aliphatic rings. The smallest absolute Gasteiger partial charge is 0.330 e. The van der Waals surface area contributed by atoms with Gasteiger partial charge in [0.2, 0.25) is 5.75 Å². The number of cyclic esters (lactones) is 1. The standard InChI is InChI=1S/C24H30O12/c1-4-7-32-23-15(30-2)8-13(9-16(23)31-3)5-6-18(25)34-12-17-20(27)21(28)22(29)24(36-17)35-14-10-19(26)33-11-14/h4-6,8-9,14,17,20-22,24,27-29H,1,7,10-12H2,2-3H3/b6-5+/t14-,17-,20-,21+,22-,24-/m1/s1. The number of methoxy groups -OCH3 is 2. The van der Waals surface area contributed by atoms with Crippen molar-refractivity contribution >= 4 is 18.0 Å². The first-order valence-electron chi connectivity index (χ1n) is 11.1. The van der Waals surface area contributed by atoms with Gasteiger partial charge in [-0.3, -0.25) is 4.79 Å². The molecule has 0 aromatic heterocycles. The number of esters is 2. The molecule has 2 heterocycles. The van der Waals surface area contributed by atoms with Crippen molar-refractivity contribution in [3.8, 4) is 17.2 Å². The fourth-order valence-electron chi connectivity index (χ4n) is 3.59. The molecular weight excluding hydrogens is 480 g/mol. The Hall–Kier alpha value is -3.16. The van der Waals surface area contributed by atoms with Crippen LogP contribution in [0.25, 0.3) is 6.08 Å². The van der Waals surface area contributed by atoms with Crippen molar-refractivity contribution in [2.45, 2.75) is 43.2 Å². The molecule has 2 aliphatic heterocycles. The molecule has 12 heteroatoms. The van der Waals surface area contributed by atoms with Crippen molar-refractivity contribution in [2.24, 2.45) is 0 Å². The lowest BCUT2D eigenvalue weighted by atomic mass is 9.99. The van der Waals surface area contributed by atoms with E-state index in [-0.39, 0.29) is 19.6 Å². The average Bonchev–Trinajstić information content (AvgIpc) is 3.29. The van der Waals surface area contributed by atoms with Crippen LogP contribution in [0.3, 0.4) is 0 Å². The summed E-state index contributed by atoms with van der Waals surface area (Å²) in [4.78, 5) is 23.5. The van der Waals surface area contributed by atoms with E-state index in [9.17, 15) is 24.9 Å². The summed E-state index contributed by atoms with van der Waals surface area (Å²) in [6, 6.07) is 3.27. The molecule has 3 N–H and O–H groups in total. The van der Waals surface area contributed by atoms with Crippen molar-refractivity contribution in [2.75, 3.05) is 34.0 Å². The minimum absolute atomic E-state index is 0.0224. The number of carbonyl (C=O) groups is 2. The summed E-state index contributed by atoms with van der Waals surface area (Å²) >= 11 is 0. The van der Waals surface area contributed by atoms with Crippen molar-refractivity contribution in [3.05, 3.63) is 36.4 Å². The van der Waals surface area contributed by atoms with Gasteiger partial charge in [-0.2, -0.15) is 0 Å². The maximum atomic E-state index is 12.3. The lowest BCUT2D eigenvalue weighted by Gasteiger charge is -2.40. The zero-order valence-electron chi connectivity index (χ0n) is 19.9. The Balaban J connectivity index is 1.60. The topological polar surface area (TPSA) is 159 Å². The summed E-state index contributed by atoms with van der Waals surface area (Å²) in [5, 5.41) is 30.5. The Labute approximate surface area is 207 Å². The predicted molar refractivity (Wildman–Crippen MR) is 122 cm³/mol. The molecule has 1 aromatic carbocycles. The van der Waals surface area contributed by atoms with Crippen molar-refractivity contribution in [3.63, 3.8) is 0 Å². The summed E-state index contributed by atoms with van der Waals surface area (Å²) in [5.74, 6) is -0.0678. The molecule has 6 atom stereocenters. The summed E-state index contributed by atoms with van der Waals surface area (Å²) in [6.07, 6.45) is -3.81. The highest BCUT2D eigenvalue weighted by Gasteiger charge is 2.46. The van der Waals surface area contributed by atoms with Crippen LogP contribution in [0, 0.1) is 0 Å². The van der Waals surface area contributed by atoms with Gasteiger partial charge >= 0.3 is 11.9 Å². The second-order valence-electron chi connectivity index (χ2n) is 7.98. The van der Waals surface area contributed by atoms with Crippen LogP contribution in [-0.2, 0) is 28.5 Å². The Morgan fingerprint density at radius 3 is 2.42 bits per heavy atom. The summed E-state index contributed by atoms with van der Waals surface area (Å²) in [5.41, 5.74) is 0.556. The minimum atomic E-state index is -1.62. The average molecular weight is 510 g/mol. The molecule has 0 saturated carbocycles. The van der Waals surface area contributed by atoms with Crippen LogP contribution < -0.4 is 14.2 Å². The van der Waals surface area contributed by atoms with Gasteiger partial charge in [0.1, 0.15) is 50.3 Å². The van der Waals surface area contributed by atoms with Gasteiger partial charge in [0, 0.05) is 6.08 Å². The van der Waals surface area contributed by atoms with Gasteiger partial charge in [-0.05, 0) is 23.8 Å². The van der Waals surface area contributed by atoms with Crippen LogP contribution in [0.15, 0.2) is 30.9 Å². The van der Waals surface area contributed by atoms with E-state index >= 15 is 0 Å². The normalized spacial score (nSPS) is 28.0. The second kappa shape index (κ2) is 12.7. The molecule has 0 radical (unpaired) electrons. The molecule has 0 unspecified atom stereocenters. The first kappa shape index (κ1) is 27.4. The van der Waals surface area contributed by atoms with E-state index in [4.69, 9.17) is 33.2 Å². The van der Waals surface area contributed by atoms with Crippen molar-refractivity contribution in [1.82, 2.24) is 0 Å². The third-order valence-electron chi connectivity index (χ3n) is 5.45. The first-order valence-corrected chi connectivity index (χ1v) is 11.1. The maximum absolute atomic E-state index is 12.3. The quantitative estimate of drug-likeness (QED) is 0.207. The predicted octanol–water partition coefficient (Wildman–Crippen LogP) is -0.0353. The summed E-state index contributed by atoms with van der Waals surface area (Å²) < 4.78 is 37.2. The molecular formula is C24H30O12. The molecule has 0 bridgehead atoms. The highest BCUT2D eigenvalue weighted by Crippen LogP contribution is 2.39. The number of rotatable bonds is 11. The van der Waals surface area contributed by atoms with E-state index in [0.29, 0.717) is 22.8 Å². The van der Waals surface area contributed by atoms with Crippen molar-refractivity contribution in [1.29, 1.82) is 0 Å². The molecule has 198 valence electrons. The molecule has 2 fully saturated rings. The largest absolute Gasteiger partial charge is 0.493 e. The van der Waals surface area contributed by atoms with E-state index in [0.717, 1.165) is 6.08 Å². The molecule has 0 aliphatic carbocycles. The Bertz CT molecular complexity index is 935. The Morgan fingerprint density at radius 2 is 1.83 bits per heavy atom. The fourth-order valence-corrected chi connectivity index (χ4v) is 3.59. The number of ether oxygens (including phenoxy) is 7. The molecule has 0 amide bonds. The molecule has 1 aromatic rings. The number of carbonyl (C=O) groups excluding carboxylic acids is 2. The number of hydrogen-bond acceptors (Lipinski definition) is 12. The molecule has 12 nitrogen and oxygen atoms in total. The van der Waals surface area contributed by atoms with Gasteiger partial charge in [-0.1, -0.05) is 12.7 Å². The summed E-state index contributed by atoms with van der Waals surface area (Å²) in [7, 11) is 2.93. The van der Waals surface area contributed by atoms with Gasteiger partial charge in [-0.15, -0.1) is 0 Å². The number of hydrogen-bond donors (Lipinski definition) is 3. The SMILES string of the molecule is C=CCOc1c(OC)cc(/C=C/C(=O)OC[C@H]2O[C@@H](O[C@H]3COC(=O)C3)[C@H](O)[C@@H](O)[C@@H]2O)cc1OC. The van der Waals surface area contributed by atoms with Crippen LogP contribution in [0.1, 0.15) is 12.0 Å². The number of aliphatic hydroxyl groups excluding tert-OH is 3. The van der Waals surface area contributed by atoms with E-state index in [1.54, 1.807) is 18.2 Å². The monoisotopic (exact) mass is 510 g/mol. The first-order chi connectivity index (χ1) is 17.3. The van der Waals surface area contributed by atoms with Gasteiger partial charge in [-0.25, -0.2) is 4.79 Å². The highest BCUT2D eigenvalue weighted by atomic mass is 16.7. The van der Waals surface area contributed by atoms with E-state index < -0.39 is 55.4 Å². The van der Waals surface area contributed by atoms with Gasteiger partial charge in [0.05, 0.1) is 20.6 Å². The zero-order chi connectivity index (χ0) is 26.2. The van der Waals surface area contributed by atoms with Crippen LogP contribution >= 0.6 is 0 Å². The molecule has 36 heavy (non-hydrogen) atoms. The van der Waals surface area contributed by atoms with Gasteiger partial charge in [0.25, 0.3) is 0 Å². The Kier molecular flexibility index (Phi) is 9.67.